The van der Waals surface area contributed by atoms with Crippen LogP contribution in [0, 0.1) is 0 Å². The van der Waals surface area contributed by atoms with Gasteiger partial charge in [0.15, 0.2) is 0 Å². The summed E-state index contributed by atoms with van der Waals surface area (Å²) in [6.07, 6.45) is 2.97. The van der Waals surface area contributed by atoms with Gasteiger partial charge in [0.25, 0.3) is 0 Å². The minimum atomic E-state index is -3.38. The van der Waals surface area contributed by atoms with Crippen molar-refractivity contribution in [2.75, 3.05) is 19.7 Å². The molecule has 0 heterocycles. The predicted molar refractivity (Wildman–Crippen MR) is 78.4 cm³/mol. The zero-order valence-corrected chi connectivity index (χ0v) is 12.6. The van der Waals surface area contributed by atoms with E-state index in [1.54, 1.807) is 24.3 Å². The van der Waals surface area contributed by atoms with Crippen molar-refractivity contribution in [3.63, 3.8) is 0 Å². The first-order chi connectivity index (χ1) is 9.62. The molecule has 0 bridgehead atoms. The molecule has 6 heteroatoms. The molecular weight excluding hydrogens is 276 g/mol. The molecular formula is C14H22N2O3S. The fraction of sp³-hybridized carbons (Fsp3) is 0.571. The van der Waals surface area contributed by atoms with Gasteiger partial charge in [0.05, 0.1) is 4.90 Å². The van der Waals surface area contributed by atoms with Crippen molar-refractivity contribution >= 4 is 10.0 Å². The first-order valence-electron chi connectivity index (χ1n) is 7.08. The van der Waals surface area contributed by atoms with Crippen molar-refractivity contribution in [3.05, 3.63) is 24.3 Å². The van der Waals surface area contributed by atoms with Gasteiger partial charge in [-0.1, -0.05) is 13.3 Å². The van der Waals surface area contributed by atoms with Crippen LogP contribution in [0.5, 0.6) is 5.75 Å². The quantitative estimate of drug-likeness (QED) is 0.714. The van der Waals surface area contributed by atoms with Crippen molar-refractivity contribution in [1.29, 1.82) is 0 Å². The van der Waals surface area contributed by atoms with Gasteiger partial charge in [-0.3, -0.25) is 0 Å². The van der Waals surface area contributed by atoms with Crippen LogP contribution in [-0.2, 0) is 10.0 Å². The number of benzene rings is 1. The number of nitrogens with one attached hydrogen (secondary N) is 2. The average Bonchev–Trinajstić information content (AvgIpc) is 2.40. The Bertz CT molecular complexity index is 510. The second kappa shape index (κ2) is 7.06. The van der Waals surface area contributed by atoms with E-state index in [9.17, 15) is 8.42 Å². The molecule has 1 aliphatic rings. The molecule has 1 aromatic carbocycles. The minimum absolute atomic E-state index is 0.107. The fourth-order valence-electron chi connectivity index (χ4n) is 1.95. The third-order valence-electron chi connectivity index (χ3n) is 3.36. The van der Waals surface area contributed by atoms with E-state index in [1.807, 2.05) is 6.92 Å². The highest BCUT2D eigenvalue weighted by molar-refractivity contribution is 7.89. The normalized spacial score (nSPS) is 15.8. The van der Waals surface area contributed by atoms with Crippen LogP contribution < -0.4 is 14.8 Å². The molecule has 0 unspecified atom stereocenters. The average molecular weight is 298 g/mol. The first-order valence-corrected chi connectivity index (χ1v) is 8.56. The largest absolute Gasteiger partial charge is 0.492 e. The second-order valence-corrected chi connectivity index (χ2v) is 6.64. The summed E-state index contributed by atoms with van der Waals surface area (Å²) in [5.41, 5.74) is 0. The van der Waals surface area contributed by atoms with E-state index in [0.717, 1.165) is 32.4 Å². The Labute approximate surface area is 120 Å². The molecule has 0 aliphatic heterocycles. The van der Waals surface area contributed by atoms with Crippen LogP contribution in [0.25, 0.3) is 0 Å². The summed E-state index contributed by atoms with van der Waals surface area (Å²) in [4.78, 5) is 0.295. The van der Waals surface area contributed by atoms with Crippen LogP contribution in [-0.4, -0.2) is 34.2 Å². The summed E-state index contributed by atoms with van der Waals surface area (Å²) in [6, 6.07) is 6.67. The van der Waals surface area contributed by atoms with Crippen molar-refractivity contribution < 1.29 is 13.2 Å². The Hall–Kier alpha value is -1.11. The van der Waals surface area contributed by atoms with Crippen LogP contribution in [0.4, 0.5) is 0 Å². The van der Waals surface area contributed by atoms with Gasteiger partial charge in [-0.25, -0.2) is 13.1 Å². The Kier molecular flexibility index (Phi) is 5.39. The third kappa shape index (κ3) is 4.19. The zero-order chi connectivity index (χ0) is 14.4. The number of sulfonamides is 1. The number of rotatable bonds is 8. The molecule has 1 fully saturated rings. The summed E-state index contributed by atoms with van der Waals surface area (Å²) in [6.45, 7) is 4.29. The third-order valence-corrected chi connectivity index (χ3v) is 4.89. The number of ether oxygens (including phenoxy) is 1. The molecule has 0 radical (unpaired) electrons. The Morgan fingerprint density at radius 3 is 2.50 bits per heavy atom. The maximum Gasteiger partial charge on any atom is 0.240 e. The molecule has 2 rings (SSSR count). The van der Waals surface area contributed by atoms with Gasteiger partial charge in [-0.05, 0) is 43.7 Å². The van der Waals surface area contributed by atoms with Crippen molar-refractivity contribution in [3.8, 4) is 5.75 Å². The SMILES string of the molecule is CCNCCOc1ccc(S(=O)(=O)NC2CCC2)cc1. The summed E-state index contributed by atoms with van der Waals surface area (Å²) in [5, 5.41) is 3.16. The molecule has 0 aromatic heterocycles. The smallest absolute Gasteiger partial charge is 0.240 e. The Morgan fingerprint density at radius 2 is 1.95 bits per heavy atom. The molecule has 5 nitrogen and oxygen atoms in total. The maximum absolute atomic E-state index is 12.1. The van der Waals surface area contributed by atoms with Crippen LogP contribution in [0.15, 0.2) is 29.2 Å². The molecule has 20 heavy (non-hydrogen) atoms. The Morgan fingerprint density at radius 1 is 1.25 bits per heavy atom. The highest BCUT2D eigenvalue weighted by Crippen LogP contribution is 2.22. The number of hydrogen-bond acceptors (Lipinski definition) is 4. The lowest BCUT2D eigenvalue weighted by Crippen LogP contribution is -2.39. The molecule has 1 aliphatic carbocycles. The molecule has 1 aromatic rings. The fourth-order valence-corrected chi connectivity index (χ4v) is 3.25. The van der Waals surface area contributed by atoms with Crippen LogP contribution in [0.1, 0.15) is 26.2 Å². The lowest BCUT2D eigenvalue weighted by atomic mass is 9.94. The summed E-state index contributed by atoms with van der Waals surface area (Å²) in [5.74, 6) is 0.686. The monoisotopic (exact) mass is 298 g/mol. The van der Waals surface area contributed by atoms with Crippen LogP contribution in [0.3, 0.4) is 0 Å². The van der Waals surface area contributed by atoms with Gasteiger partial charge in [0, 0.05) is 12.6 Å². The molecule has 0 amide bonds. The maximum atomic E-state index is 12.1. The van der Waals surface area contributed by atoms with E-state index in [4.69, 9.17) is 4.74 Å². The van der Waals surface area contributed by atoms with Gasteiger partial charge in [0.2, 0.25) is 10.0 Å². The molecule has 0 saturated heterocycles. The lowest BCUT2D eigenvalue weighted by Gasteiger charge is -2.26. The van der Waals surface area contributed by atoms with E-state index in [0.29, 0.717) is 17.3 Å². The van der Waals surface area contributed by atoms with Gasteiger partial charge < -0.3 is 10.1 Å². The van der Waals surface area contributed by atoms with Crippen LogP contribution in [0.2, 0.25) is 0 Å². The predicted octanol–water partition coefficient (Wildman–Crippen LogP) is 1.51. The molecule has 0 atom stereocenters. The molecule has 112 valence electrons. The van der Waals surface area contributed by atoms with E-state index >= 15 is 0 Å². The first kappa shape index (κ1) is 15.3. The van der Waals surface area contributed by atoms with Gasteiger partial charge in [-0.15, -0.1) is 0 Å². The van der Waals surface area contributed by atoms with E-state index in [-0.39, 0.29) is 6.04 Å². The second-order valence-electron chi connectivity index (χ2n) is 4.92. The number of hydrogen-bond donors (Lipinski definition) is 2. The Balaban J connectivity index is 1.89. The number of likely N-dealkylation sites (N-methyl/N-ethyl adjacent to an activating group) is 1. The highest BCUT2D eigenvalue weighted by atomic mass is 32.2. The lowest BCUT2D eigenvalue weighted by molar-refractivity contribution is 0.315. The van der Waals surface area contributed by atoms with Crippen molar-refractivity contribution in [2.45, 2.75) is 37.1 Å². The minimum Gasteiger partial charge on any atom is -0.492 e. The molecule has 0 spiro atoms. The molecule has 2 N–H and O–H groups in total. The standard InChI is InChI=1S/C14H22N2O3S/c1-2-15-10-11-19-13-6-8-14(9-7-13)20(17,18)16-12-4-3-5-12/h6-9,12,15-16H,2-5,10-11H2,1H3. The highest BCUT2D eigenvalue weighted by Gasteiger charge is 2.24. The van der Waals surface area contributed by atoms with Crippen molar-refractivity contribution in [1.82, 2.24) is 10.0 Å². The van der Waals surface area contributed by atoms with Gasteiger partial charge in [-0.2, -0.15) is 0 Å². The van der Waals surface area contributed by atoms with E-state index < -0.39 is 10.0 Å². The topological polar surface area (TPSA) is 67.4 Å². The van der Waals surface area contributed by atoms with Gasteiger partial charge >= 0.3 is 0 Å². The summed E-state index contributed by atoms with van der Waals surface area (Å²) in [7, 11) is -3.38. The van der Waals surface area contributed by atoms with E-state index in [2.05, 4.69) is 10.0 Å². The zero-order valence-electron chi connectivity index (χ0n) is 11.8. The van der Waals surface area contributed by atoms with Crippen LogP contribution >= 0.6 is 0 Å². The summed E-state index contributed by atoms with van der Waals surface area (Å²) >= 11 is 0. The summed E-state index contributed by atoms with van der Waals surface area (Å²) < 4.78 is 32.4. The van der Waals surface area contributed by atoms with Gasteiger partial charge in [0.1, 0.15) is 12.4 Å². The van der Waals surface area contributed by atoms with Crippen molar-refractivity contribution in [2.24, 2.45) is 0 Å². The van der Waals surface area contributed by atoms with E-state index in [1.165, 1.54) is 0 Å². The molecule has 1 saturated carbocycles.